The lowest BCUT2D eigenvalue weighted by Gasteiger charge is -2.46. The summed E-state index contributed by atoms with van der Waals surface area (Å²) in [6.07, 6.45) is 6.81. The zero-order chi connectivity index (χ0) is 35.6. The highest BCUT2D eigenvalue weighted by atomic mass is 15.2. The molecule has 0 fully saturated rings. The van der Waals surface area contributed by atoms with Gasteiger partial charge in [0.15, 0.2) is 0 Å². The van der Waals surface area contributed by atoms with Crippen LogP contribution >= 0.6 is 0 Å². The molecule has 2 heterocycles. The minimum absolute atomic E-state index is 0.392. The van der Waals surface area contributed by atoms with Gasteiger partial charge in [-0.2, -0.15) is 0 Å². The molecule has 7 aromatic carbocycles. The average molecular weight is 689 g/mol. The smallest absolute Gasteiger partial charge is 0.0722 e. The van der Waals surface area contributed by atoms with Crippen molar-refractivity contribution in [2.75, 3.05) is 4.90 Å². The van der Waals surface area contributed by atoms with E-state index in [0.717, 1.165) is 35.0 Å². The second-order valence-electron chi connectivity index (χ2n) is 14.5. The Hall–Kier alpha value is -6.77. The molecule has 2 heteroatoms. The molecule has 8 aromatic rings. The van der Waals surface area contributed by atoms with Crippen LogP contribution < -0.4 is 4.90 Å². The first-order valence-electron chi connectivity index (χ1n) is 18.9. The van der Waals surface area contributed by atoms with Crippen molar-refractivity contribution in [2.24, 2.45) is 0 Å². The number of nitrogens with zero attached hydrogens (tertiary/aromatic N) is 2. The zero-order valence-corrected chi connectivity index (χ0v) is 29.8. The number of para-hydroxylation sites is 4. The summed E-state index contributed by atoms with van der Waals surface area (Å²) < 4.78 is 0. The average Bonchev–Trinajstić information content (AvgIpc) is 3.54. The summed E-state index contributed by atoms with van der Waals surface area (Å²) in [6, 6.07) is 66.5. The third-order valence-corrected chi connectivity index (χ3v) is 11.8. The molecule has 2 nitrogen and oxygen atoms in total. The minimum atomic E-state index is -0.392. The lowest BCUT2D eigenvalue weighted by molar-refractivity contribution is 0.687. The van der Waals surface area contributed by atoms with Crippen molar-refractivity contribution in [2.45, 2.75) is 18.3 Å². The van der Waals surface area contributed by atoms with Crippen LogP contribution in [0.4, 0.5) is 17.1 Å². The lowest BCUT2D eigenvalue weighted by Crippen LogP contribution is -2.37. The van der Waals surface area contributed by atoms with Crippen molar-refractivity contribution in [3.8, 4) is 33.5 Å². The maximum atomic E-state index is 5.28. The van der Waals surface area contributed by atoms with Gasteiger partial charge in [0.05, 0.1) is 28.0 Å². The Morgan fingerprint density at radius 1 is 0.481 bits per heavy atom. The van der Waals surface area contributed by atoms with Crippen LogP contribution in [0, 0.1) is 0 Å². The number of hydrogen-bond donors (Lipinski definition) is 0. The molecule has 1 spiro atoms. The van der Waals surface area contributed by atoms with Gasteiger partial charge in [0.1, 0.15) is 0 Å². The molecule has 0 unspecified atom stereocenters. The van der Waals surface area contributed by atoms with E-state index in [1.54, 1.807) is 0 Å². The van der Waals surface area contributed by atoms with Crippen LogP contribution in [-0.2, 0) is 5.41 Å². The number of anilines is 3. The number of allylic oxidation sites excluding steroid dienone is 4. The topological polar surface area (TPSA) is 16.1 Å². The number of rotatable bonds is 4. The third-order valence-electron chi connectivity index (χ3n) is 11.8. The maximum absolute atomic E-state index is 5.28. The van der Waals surface area contributed by atoms with Crippen molar-refractivity contribution in [1.82, 2.24) is 4.98 Å². The van der Waals surface area contributed by atoms with Gasteiger partial charge >= 0.3 is 0 Å². The fourth-order valence-corrected chi connectivity index (χ4v) is 9.58. The van der Waals surface area contributed by atoms with E-state index in [9.17, 15) is 0 Å². The fourth-order valence-electron chi connectivity index (χ4n) is 9.58. The quantitative estimate of drug-likeness (QED) is 0.183. The fraction of sp³-hybridized carbons (Fsp3) is 0.0577. The first-order chi connectivity index (χ1) is 26.8. The van der Waals surface area contributed by atoms with E-state index in [4.69, 9.17) is 4.98 Å². The molecule has 0 bridgehead atoms. The molecule has 1 aromatic heterocycles. The van der Waals surface area contributed by atoms with Crippen LogP contribution in [0.15, 0.2) is 200 Å². The Morgan fingerprint density at radius 2 is 1.13 bits per heavy atom. The third kappa shape index (κ3) is 4.44. The van der Waals surface area contributed by atoms with E-state index in [2.05, 4.69) is 199 Å². The van der Waals surface area contributed by atoms with Gasteiger partial charge in [-0.3, -0.25) is 0 Å². The minimum Gasteiger partial charge on any atom is -0.310 e. The molecule has 0 N–H and O–H groups in total. The molecule has 11 rings (SSSR count). The van der Waals surface area contributed by atoms with E-state index in [0.29, 0.717) is 0 Å². The molecule has 254 valence electrons. The Bertz CT molecular complexity index is 2780. The highest BCUT2D eigenvalue weighted by molar-refractivity contribution is 6.00. The molecule has 0 saturated heterocycles. The Morgan fingerprint density at radius 3 is 1.91 bits per heavy atom. The van der Waals surface area contributed by atoms with E-state index in [1.165, 1.54) is 72.7 Å². The molecule has 0 amide bonds. The number of pyridine rings is 1. The first kappa shape index (κ1) is 30.8. The van der Waals surface area contributed by atoms with Crippen LogP contribution in [0.25, 0.3) is 50.0 Å². The van der Waals surface area contributed by atoms with Gasteiger partial charge in [-0.25, -0.2) is 4.98 Å². The number of fused-ring (bicyclic) bond motifs is 9. The standard InChI is InChI=1S/C52H36N2/c1-3-17-35(18-4-1)42-34-49(53-48-28-14-10-24-41(42)48)40-23-8-7-21-38(40)36-31-32-45-43(33-36)39-22-9-11-25-44(39)52(45)46-26-12-15-29-50(46)54(37-19-5-2-6-20-37)51-30-16-13-27-47(51)52/h1-10,12-24,26-34H,11,25H2. The van der Waals surface area contributed by atoms with Gasteiger partial charge in [-0.15, -0.1) is 0 Å². The van der Waals surface area contributed by atoms with Crippen LogP contribution in [0.3, 0.4) is 0 Å². The molecule has 54 heavy (non-hydrogen) atoms. The van der Waals surface area contributed by atoms with Crippen LogP contribution in [-0.4, -0.2) is 4.98 Å². The van der Waals surface area contributed by atoms with Gasteiger partial charge in [-0.05, 0) is 111 Å². The summed E-state index contributed by atoms with van der Waals surface area (Å²) in [4.78, 5) is 7.74. The van der Waals surface area contributed by atoms with Gasteiger partial charge < -0.3 is 4.90 Å². The maximum Gasteiger partial charge on any atom is 0.0722 e. The van der Waals surface area contributed by atoms with E-state index in [-0.39, 0.29) is 0 Å². The Labute approximate surface area is 316 Å². The molecular formula is C52H36N2. The predicted octanol–water partition coefficient (Wildman–Crippen LogP) is 13.5. The normalized spacial score (nSPS) is 14.9. The van der Waals surface area contributed by atoms with Gasteiger partial charge in [0.2, 0.25) is 0 Å². The second-order valence-corrected chi connectivity index (χ2v) is 14.5. The molecule has 3 aliphatic rings. The highest BCUT2D eigenvalue weighted by Crippen LogP contribution is 2.64. The predicted molar refractivity (Wildman–Crippen MR) is 224 cm³/mol. The van der Waals surface area contributed by atoms with Crippen molar-refractivity contribution < 1.29 is 0 Å². The highest BCUT2D eigenvalue weighted by Gasteiger charge is 2.52. The number of aromatic nitrogens is 1. The first-order valence-corrected chi connectivity index (χ1v) is 18.9. The Balaban J connectivity index is 1.13. The summed E-state index contributed by atoms with van der Waals surface area (Å²) >= 11 is 0. The van der Waals surface area contributed by atoms with Crippen LogP contribution in [0.2, 0.25) is 0 Å². The summed E-state index contributed by atoms with van der Waals surface area (Å²) in [5.74, 6) is 0. The largest absolute Gasteiger partial charge is 0.310 e. The van der Waals surface area contributed by atoms with Gasteiger partial charge in [-0.1, -0.05) is 152 Å². The van der Waals surface area contributed by atoms with Crippen molar-refractivity contribution >= 4 is 33.5 Å². The summed E-state index contributed by atoms with van der Waals surface area (Å²) in [5.41, 5.74) is 19.4. The van der Waals surface area contributed by atoms with E-state index >= 15 is 0 Å². The van der Waals surface area contributed by atoms with E-state index in [1.807, 2.05) is 0 Å². The SMILES string of the molecule is C1=CC2=C(CC1)C1(c3ccc(-c4ccccc4-c4cc(-c5ccccc5)c5ccccc5n4)cc32)c2ccccc2N(c2ccccc2)c2ccccc21. The lowest BCUT2D eigenvalue weighted by atomic mass is 9.62. The summed E-state index contributed by atoms with van der Waals surface area (Å²) in [7, 11) is 0. The monoisotopic (exact) mass is 688 g/mol. The van der Waals surface area contributed by atoms with Crippen LogP contribution in [0.5, 0.6) is 0 Å². The molecule has 2 aliphatic carbocycles. The summed E-state index contributed by atoms with van der Waals surface area (Å²) in [5, 5.41) is 1.16. The zero-order valence-electron chi connectivity index (χ0n) is 29.8. The van der Waals surface area contributed by atoms with Crippen molar-refractivity contribution in [3.05, 3.63) is 222 Å². The Kier molecular flexibility index (Phi) is 6.93. The van der Waals surface area contributed by atoms with E-state index < -0.39 is 5.41 Å². The molecule has 0 saturated carbocycles. The molecular weight excluding hydrogens is 653 g/mol. The summed E-state index contributed by atoms with van der Waals surface area (Å²) in [6.45, 7) is 0. The van der Waals surface area contributed by atoms with Crippen LogP contribution in [0.1, 0.15) is 35.1 Å². The second kappa shape index (κ2) is 12.1. The number of hydrogen-bond acceptors (Lipinski definition) is 2. The molecule has 0 radical (unpaired) electrons. The number of benzene rings is 7. The molecule has 1 aliphatic heterocycles. The van der Waals surface area contributed by atoms with Crippen molar-refractivity contribution in [1.29, 1.82) is 0 Å². The van der Waals surface area contributed by atoms with Gasteiger partial charge in [0, 0.05) is 16.6 Å². The molecule has 0 atom stereocenters. The van der Waals surface area contributed by atoms with Crippen molar-refractivity contribution in [3.63, 3.8) is 0 Å². The van der Waals surface area contributed by atoms with Gasteiger partial charge in [0.25, 0.3) is 0 Å².